The summed E-state index contributed by atoms with van der Waals surface area (Å²) in [5.74, 6) is -0.628. The van der Waals surface area contributed by atoms with Crippen LogP contribution in [0.2, 0.25) is 0 Å². The number of aliphatic hydroxyl groups excluding tert-OH is 1. The molecule has 2 rings (SSSR count). The summed E-state index contributed by atoms with van der Waals surface area (Å²) in [6.45, 7) is 0.533. The average molecular weight is 282 g/mol. The van der Waals surface area contributed by atoms with E-state index in [1.807, 2.05) is 0 Å². The van der Waals surface area contributed by atoms with Gasteiger partial charge in [0.1, 0.15) is 11.5 Å². The second kappa shape index (κ2) is 6.17. The molecule has 1 fully saturated rings. The number of hydrogen-bond acceptors (Lipinski definition) is 4. The highest BCUT2D eigenvalue weighted by atomic mass is 19.1. The number of anilines is 1. The van der Waals surface area contributed by atoms with Gasteiger partial charge in [0, 0.05) is 12.0 Å². The third kappa shape index (κ3) is 3.25. The van der Waals surface area contributed by atoms with Gasteiger partial charge in [0.15, 0.2) is 0 Å². The molecule has 0 spiro atoms. The Hall–Kier alpha value is -1.69. The van der Waals surface area contributed by atoms with Crippen molar-refractivity contribution in [2.24, 2.45) is 5.41 Å². The van der Waals surface area contributed by atoms with Gasteiger partial charge in [-0.2, -0.15) is 0 Å². The molecule has 0 saturated heterocycles. The van der Waals surface area contributed by atoms with Crippen molar-refractivity contribution in [1.82, 2.24) is 0 Å². The molecule has 2 N–H and O–H groups in total. The van der Waals surface area contributed by atoms with Gasteiger partial charge in [0.2, 0.25) is 0 Å². The van der Waals surface area contributed by atoms with Gasteiger partial charge in [0.05, 0.1) is 17.6 Å². The number of nitro groups is 1. The number of halogens is 1. The van der Waals surface area contributed by atoms with Gasteiger partial charge < -0.3 is 10.4 Å². The predicted octanol–water partition coefficient (Wildman–Crippen LogP) is 3.09. The summed E-state index contributed by atoms with van der Waals surface area (Å²) in [6, 6.07) is 3.48. The molecule has 1 aromatic rings. The molecule has 0 heterocycles. The summed E-state index contributed by atoms with van der Waals surface area (Å²) < 4.78 is 13.1. The lowest BCUT2D eigenvalue weighted by atomic mass is 9.74. The zero-order chi connectivity index (χ0) is 14.6. The second-order valence-electron chi connectivity index (χ2n) is 5.49. The zero-order valence-electron chi connectivity index (χ0n) is 11.3. The van der Waals surface area contributed by atoms with Crippen molar-refractivity contribution < 1.29 is 14.4 Å². The van der Waals surface area contributed by atoms with Crippen molar-refractivity contribution in [2.75, 3.05) is 18.5 Å². The van der Waals surface area contributed by atoms with E-state index in [0.717, 1.165) is 31.7 Å². The third-order valence-electron chi connectivity index (χ3n) is 4.06. The minimum atomic E-state index is -0.628. The van der Waals surface area contributed by atoms with Crippen LogP contribution in [0.5, 0.6) is 0 Å². The first-order chi connectivity index (χ1) is 9.56. The summed E-state index contributed by atoms with van der Waals surface area (Å²) in [7, 11) is 0. The zero-order valence-corrected chi connectivity index (χ0v) is 11.3. The predicted molar refractivity (Wildman–Crippen MR) is 74.1 cm³/mol. The molecule has 1 aliphatic rings. The summed E-state index contributed by atoms with van der Waals surface area (Å²) in [6.07, 6.45) is 5.11. The Balaban J connectivity index is 2.11. The van der Waals surface area contributed by atoms with Crippen molar-refractivity contribution in [3.8, 4) is 0 Å². The van der Waals surface area contributed by atoms with Gasteiger partial charge in [-0.25, -0.2) is 4.39 Å². The fourth-order valence-electron chi connectivity index (χ4n) is 2.78. The highest BCUT2D eigenvalue weighted by Crippen LogP contribution is 2.36. The van der Waals surface area contributed by atoms with Gasteiger partial charge in [-0.3, -0.25) is 10.1 Å². The molecule has 0 bridgehead atoms. The highest BCUT2D eigenvalue weighted by Gasteiger charge is 2.31. The fourth-order valence-corrected chi connectivity index (χ4v) is 2.78. The van der Waals surface area contributed by atoms with E-state index >= 15 is 0 Å². The first-order valence-electron chi connectivity index (χ1n) is 6.85. The Morgan fingerprint density at radius 1 is 1.35 bits per heavy atom. The molecule has 20 heavy (non-hydrogen) atoms. The maximum atomic E-state index is 13.1. The van der Waals surface area contributed by atoms with Crippen LogP contribution in [0.1, 0.15) is 32.1 Å². The van der Waals surface area contributed by atoms with E-state index in [-0.39, 0.29) is 17.7 Å². The SMILES string of the molecule is O=[N+]([O-])c1cc(F)ccc1NCC1(CO)CCCCC1. The van der Waals surface area contributed by atoms with Crippen LogP contribution in [0.3, 0.4) is 0 Å². The molecule has 6 heteroatoms. The van der Waals surface area contributed by atoms with Crippen LogP contribution < -0.4 is 5.32 Å². The summed E-state index contributed by atoms with van der Waals surface area (Å²) >= 11 is 0. The molecule has 0 atom stereocenters. The summed E-state index contributed by atoms with van der Waals surface area (Å²) in [5.41, 5.74) is -0.191. The molecule has 110 valence electrons. The molecule has 0 radical (unpaired) electrons. The van der Waals surface area contributed by atoms with Gasteiger partial charge in [-0.15, -0.1) is 0 Å². The summed E-state index contributed by atoms with van der Waals surface area (Å²) in [5, 5.41) is 23.5. The van der Waals surface area contributed by atoms with Crippen molar-refractivity contribution >= 4 is 11.4 Å². The highest BCUT2D eigenvalue weighted by molar-refractivity contribution is 5.61. The maximum absolute atomic E-state index is 13.1. The van der Waals surface area contributed by atoms with Crippen molar-refractivity contribution in [1.29, 1.82) is 0 Å². The number of benzene rings is 1. The lowest BCUT2D eigenvalue weighted by Crippen LogP contribution is -2.35. The van der Waals surface area contributed by atoms with E-state index in [9.17, 15) is 19.6 Å². The minimum absolute atomic E-state index is 0.0645. The number of hydrogen-bond donors (Lipinski definition) is 2. The fraction of sp³-hybridized carbons (Fsp3) is 0.571. The number of aliphatic hydroxyl groups is 1. The van der Waals surface area contributed by atoms with E-state index in [1.165, 1.54) is 18.6 Å². The molecule has 0 aliphatic heterocycles. The normalized spacial score (nSPS) is 17.7. The Bertz CT molecular complexity index is 487. The molecule has 0 amide bonds. The van der Waals surface area contributed by atoms with E-state index in [4.69, 9.17) is 0 Å². The van der Waals surface area contributed by atoms with Crippen LogP contribution >= 0.6 is 0 Å². The molecule has 1 aromatic carbocycles. The Kier molecular flexibility index (Phi) is 4.54. The van der Waals surface area contributed by atoms with E-state index < -0.39 is 10.7 Å². The monoisotopic (exact) mass is 282 g/mol. The maximum Gasteiger partial charge on any atom is 0.295 e. The van der Waals surface area contributed by atoms with Crippen LogP contribution in [0.4, 0.5) is 15.8 Å². The molecule has 0 aromatic heterocycles. The van der Waals surface area contributed by atoms with Crippen molar-refractivity contribution in [2.45, 2.75) is 32.1 Å². The molecular weight excluding hydrogens is 263 g/mol. The quantitative estimate of drug-likeness (QED) is 0.642. The van der Waals surface area contributed by atoms with Crippen LogP contribution in [0.15, 0.2) is 18.2 Å². The first kappa shape index (κ1) is 14.7. The average Bonchev–Trinajstić information content (AvgIpc) is 2.47. The van der Waals surface area contributed by atoms with Crippen LogP contribution in [0, 0.1) is 21.3 Å². The number of nitrogens with zero attached hydrogens (tertiary/aromatic N) is 1. The lowest BCUT2D eigenvalue weighted by Gasteiger charge is -2.35. The molecular formula is C14H19FN2O3. The molecule has 0 unspecified atom stereocenters. The van der Waals surface area contributed by atoms with Gasteiger partial charge in [-0.1, -0.05) is 19.3 Å². The smallest absolute Gasteiger partial charge is 0.295 e. The van der Waals surface area contributed by atoms with Crippen molar-refractivity contribution in [3.05, 3.63) is 34.1 Å². The molecule has 5 nitrogen and oxygen atoms in total. The molecule has 1 aliphatic carbocycles. The van der Waals surface area contributed by atoms with Gasteiger partial charge >= 0.3 is 0 Å². The van der Waals surface area contributed by atoms with Crippen LogP contribution in [-0.4, -0.2) is 23.2 Å². The van der Waals surface area contributed by atoms with Crippen LogP contribution in [0.25, 0.3) is 0 Å². The second-order valence-corrected chi connectivity index (χ2v) is 5.49. The topological polar surface area (TPSA) is 75.4 Å². The Morgan fingerprint density at radius 3 is 2.65 bits per heavy atom. The standard InChI is InChI=1S/C14H19FN2O3/c15-11-4-5-12(13(8-11)17(19)20)16-9-14(10-18)6-2-1-3-7-14/h4-5,8,16,18H,1-3,6-7,9-10H2. The number of nitrogens with one attached hydrogen (secondary N) is 1. The number of rotatable bonds is 5. The van der Waals surface area contributed by atoms with Crippen molar-refractivity contribution in [3.63, 3.8) is 0 Å². The van der Waals surface area contributed by atoms with Gasteiger partial charge in [0.25, 0.3) is 5.69 Å². The minimum Gasteiger partial charge on any atom is -0.396 e. The Labute approximate surface area is 117 Å². The Morgan fingerprint density at radius 2 is 2.05 bits per heavy atom. The van der Waals surface area contributed by atoms with Crippen LogP contribution in [-0.2, 0) is 0 Å². The van der Waals surface area contributed by atoms with E-state index in [0.29, 0.717) is 12.2 Å². The van der Waals surface area contributed by atoms with E-state index in [2.05, 4.69) is 5.32 Å². The molecule has 1 saturated carbocycles. The lowest BCUT2D eigenvalue weighted by molar-refractivity contribution is -0.384. The van der Waals surface area contributed by atoms with E-state index in [1.54, 1.807) is 0 Å². The first-order valence-corrected chi connectivity index (χ1v) is 6.85. The summed E-state index contributed by atoms with van der Waals surface area (Å²) in [4.78, 5) is 10.3. The largest absolute Gasteiger partial charge is 0.396 e. The third-order valence-corrected chi connectivity index (χ3v) is 4.06. The number of nitro benzene ring substituents is 1. The van der Waals surface area contributed by atoms with Gasteiger partial charge in [-0.05, 0) is 25.0 Å².